The number of nitrogens with one attached hydrogen (secondary N) is 1. The summed E-state index contributed by atoms with van der Waals surface area (Å²) in [5, 5.41) is 3.12. The van der Waals surface area contributed by atoms with Crippen molar-refractivity contribution < 1.29 is 13.2 Å². The van der Waals surface area contributed by atoms with Crippen LogP contribution in [-0.4, -0.2) is 32.8 Å². The Bertz CT molecular complexity index is 685. The molecular formula is C14H15BrN2O3S. The van der Waals surface area contributed by atoms with E-state index in [0.29, 0.717) is 18.9 Å². The van der Waals surface area contributed by atoms with Gasteiger partial charge in [-0.25, -0.2) is 13.4 Å². The van der Waals surface area contributed by atoms with Crippen LogP contribution in [0, 0.1) is 0 Å². The van der Waals surface area contributed by atoms with E-state index in [-0.39, 0.29) is 4.90 Å². The summed E-state index contributed by atoms with van der Waals surface area (Å²) in [6.07, 6.45) is 2.89. The molecule has 1 aromatic carbocycles. The summed E-state index contributed by atoms with van der Waals surface area (Å²) < 4.78 is 29.1. The first-order chi connectivity index (χ1) is 9.95. The average Bonchev–Trinajstić information content (AvgIpc) is 2.45. The van der Waals surface area contributed by atoms with E-state index in [1.165, 1.54) is 18.4 Å². The quantitative estimate of drug-likeness (QED) is 0.791. The molecule has 112 valence electrons. The van der Waals surface area contributed by atoms with Gasteiger partial charge in [-0.15, -0.1) is 0 Å². The summed E-state index contributed by atoms with van der Waals surface area (Å²) >= 11 is 3.32. The van der Waals surface area contributed by atoms with Crippen molar-refractivity contribution in [1.29, 1.82) is 0 Å². The Labute approximate surface area is 132 Å². The molecule has 0 saturated carbocycles. The molecule has 0 bridgehead atoms. The highest BCUT2D eigenvalue weighted by Crippen LogP contribution is 2.15. The minimum Gasteiger partial charge on any atom is -0.492 e. The number of hydrogen-bond acceptors (Lipinski definition) is 5. The van der Waals surface area contributed by atoms with Crippen molar-refractivity contribution in [3.05, 3.63) is 47.1 Å². The molecule has 0 saturated heterocycles. The predicted octanol–water partition coefficient (Wildman–Crippen LogP) is 2.74. The van der Waals surface area contributed by atoms with Crippen molar-refractivity contribution >= 4 is 31.6 Å². The van der Waals surface area contributed by atoms with E-state index in [0.717, 1.165) is 10.3 Å². The number of benzene rings is 1. The van der Waals surface area contributed by atoms with Crippen LogP contribution in [0.3, 0.4) is 0 Å². The van der Waals surface area contributed by atoms with Gasteiger partial charge in [0.15, 0.2) is 9.84 Å². The summed E-state index contributed by atoms with van der Waals surface area (Å²) in [7, 11) is -3.16. The number of halogens is 1. The second-order valence-electron chi connectivity index (χ2n) is 4.38. The Morgan fingerprint density at radius 3 is 2.48 bits per heavy atom. The number of pyridine rings is 1. The summed E-state index contributed by atoms with van der Waals surface area (Å²) in [6, 6.07) is 10.1. The smallest absolute Gasteiger partial charge is 0.175 e. The fourth-order valence-electron chi connectivity index (χ4n) is 1.61. The van der Waals surface area contributed by atoms with Gasteiger partial charge >= 0.3 is 0 Å². The lowest BCUT2D eigenvalue weighted by atomic mass is 10.3. The van der Waals surface area contributed by atoms with Crippen LogP contribution in [0.15, 0.2) is 52.0 Å². The van der Waals surface area contributed by atoms with Crippen molar-refractivity contribution in [2.24, 2.45) is 0 Å². The maximum absolute atomic E-state index is 11.3. The number of aromatic nitrogens is 1. The van der Waals surface area contributed by atoms with E-state index in [1.807, 2.05) is 12.1 Å². The Hall–Kier alpha value is -1.60. The number of ether oxygens (including phenoxy) is 1. The molecule has 7 heteroatoms. The molecule has 21 heavy (non-hydrogen) atoms. The van der Waals surface area contributed by atoms with Gasteiger partial charge in [-0.05, 0) is 52.3 Å². The lowest BCUT2D eigenvalue weighted by Gasteiger charge is -2.08. The SMILES string of the molecule is CS(=O)(=O)c1ccc(OCCNc2ccc(Br)cn2)cc1. The van der Waals surface area contributed by atoms with E-state index in [9.17, 15) is 8.42 Å². The van der Waals surface area contributed by atoms with Crippen LogP contribution in [0.25, 0.3) is 0 Å². The molecule has 1 aromatic heterocycles. The van der Waals surface area contributed by atoms with Gasteiger partial charge in [0.05, 0.1) is 11.4 Å². The Kier molecular flexibility index (Phi) is 5.19. The minimum absolute atomic E-state index is 0.284. The number of rotatable bonds is 6. The minimum atomic E-state index is -3.16. The first-order valence-corrected chi connectivity index (χ1v) is 8.92. The number of hydrogen-bond donors (Lipinski definition) is 1. The fourth-order valence-corrected chi connectivity index (χ4v) is 2.48. The highest BCUT2D eigenvalue weighted by molar-refractivity contribution is 9.10. The maximum Gasteiger partial charge on any atom is 0.175 e. The summed E-state index contributed by atoms with van der Waals surface area (Å²) in [6.45, 7) is 1.05. The molecule has 0 aliphatic heterocycles. The van der Waals surface area contributed by atoms with Crippen molar-refractivity contribution in [2.45, 2.75) is 4.90 Å². The highest BCUT2D eigenvalue weighted by Gasteiger charge is 2.06. The van der Waals surface area contributed by atoms with Gasteiger partial charge in [0, 0.05) is 16.9 Å². The van der Waals surface area contributed by atoms with Crippen LogP contribution in [0.5, 0.6) is 5.75 Å². The Balaban J connectivity index is 1.80. The number of nitrogens with zero attached hydrogens (tertiary/aromatic N) is 1. The van der Waals surface area contributed by atoms with E-state index < -0.39 is 9.84 Å². The molecule has 2 aromatic rings. The third-order valence-corrected chi connectivity index (χ3v) is 4.25. The molecule has 0 spiro atoms. The van der Waals surface area contributed by atoms with Crippen molar-refractivity contribution in [3.63, 3.8) is 0 Å². The molecule has 0 radical (unpaired) electrons. The second-order valence-corrected chi connectivity index (χ2v) is 7.31. The average molecular weight is 371 g/mol. The number of sulfone groups is 1. The zero-order valence-corrected chi connectivity index (χ0v) is 13.8. The van der Waals surface area contributed by atoms with E-state index >= 15 is 0 Å². The van der Waals surface area contributed by atoms with Gasteiger partial charge in [0.1, 0.15) is 18.2 Å². The molecule has 0 amide bonds. The zero-order valence-electron chi connectivity index (χ0n) is 11.4. The summed E-state index contributed by atoms with van der Waals surface area (Å²) in [5.41, 5.74) is 0. The Morgan fingerprint density at radius 2 is 1.90 bits per heavy atom. The monoisotopic (exact) mass is 370 g/mol. The highest BCUT2D eigenvalue weighted by atomic mass is 79.9. The first kappa shape index (κ1) is 15.8. The first-order valence-electron chi connectivity index (χ1n) is 6.23. The number of anilines is 1. The van der Waals surface area contributed by atoms with Gasteiger partial charge in [0.25, 0.3) is 0 Å². The molecule has 0 aliphatic rings. The molecule has 1 heterocycles. The molecule has 2 rings (SSSR count). The summed E-state index contributed by atoms with van der Waals surface area (Å²) in [4.78, 5) is 4.47. The fraction of sp³-hybridized carbons (Fsp3) is 0.214. The normalized spacial score (nSPS) is 11.1. The van der Waals surface area contributed by atoms with Crippen LogP contribution in [0.2, 0.25) is 0 Å². The van der Waals surface area contributed by atoms with Gasteiger partial charge in [-0.1, -0.05) is 0 Å². The second kappa shape index (κ2) is 6.91. The van der Waals surface area contributed by atoms with E-state index in [4.69, 9.17) is 4.74 Å². The molecule has 0 aliphatic carbocycles. The van der Waals surface area contributed by atoms with Gasteiger partial charge in [0.2, 0.25) is 0 Å². The van der Waals surface area contributed by atoms with Gasteiger partial charge in [-0.2, -0.15) is 0 Å². The molecule has 5 nitrogen and oxygen atoms in total. The van der Waals surface area contributed by atoms with Crippen molar-refractivity contribution in [2.75, 3.05) is 24.7 Å². The third-order valence-electron chi connectivity index (χ3n) is 2.66. The summed E-state index contributed by atoms with van der Waals surface area (Å²) in [5.74, 6) is 1.40. The lowest BCUT2D eigenvalue weighted by molar-refractivity contribution is 0.332. The van der Waals surface area contributed by atoms with Crippen molar-refractivity contribution in [3.8, 4) is 5.75 Å². The molecule has 1 N–H and O–H groups in total. The molecule has 0 atom stereocenters. The maximum atomic E-state index is 11.3. The van der Waals surface area contributed by atoms with Crippen LogP contribution < -0.4 is 10.1 Å². The van der Waals surface area contributed by atoms with Crippen LogP contribution in [0.1, 0.15) is 0 Å². The van der Waals surface area contributed by atoms with Crippen LogP contribution >= 0.6 is 15.9 Å². The lowest BCUT2D eigenvalue weighted by Crippen LogP contribution is -2.12. The topological polar surface area (TPSA) is 68.3 Å². The van der Waals surface area contributed by atoms with Gasteiger partial charge < -0.3 is 10.1 Å². The zero-order chi connectivity index (χ0) is 15.3. The molecular weight excluding hydrogens is 356 g/mol. The van der Waals surface area contributed by atoms with E-state index in [1.54, 1.807) is 18.3 Å². The van der Waals surface area contributed by atoms with Crippen LogP contribution in [0.4, 0.5) is 5.82 Å². The molecule has 0 unspecified atom stereocenters. The van der Waals surface area contributed by atoms with Crippen molar-refractivity contribution in [1.82, 2.24) is 4.98 Å². The van der Waals surface area contributed by atoms with E-state index in [2.05, 4.69) is 26.2 Å². The molecule has 0 fully saturated rings. The Morgan fingerprint density at radius 1 is 1.19 bits per heavy atom. The standard InChI is InChI=1S/C14H15BrN2O3S/c1-21(18,19)13-5-3-12(4-6-13)20-9-8-16-14-7-2-11(15)10-17-14/h2-7,10H,8-9H2,1H3,(H,16,17). The van der Waals surface area contributed by atoms with Crippen LogP contribution in [-0.2, 0) is 9.84 Å². The van der Waals surface area contributed by atoms with Gasteiger partial charge in [-0.3, -0.25) is 0 Å². The third kappa shape index (κ3) is 5.02. The predicted molar refractivity (Wildman–Crippen MR) is 85.5 cm³/mol. The largest absolute Gasteiger partial charge is 0.492 e.